The van der Waals surface area contributed by atoms with Crippen molar-refractivity contribution in [2.24, 2.45) is 0 Å². The Bertz CT molecular complexity index is 1300. The zero-order valence-electron chi connectivity index (χ0n) is 18.3. The number of hydrogen-bond acceptors (Lipinski definition) is 8. The normalized spacial score (nSPS) is 16.4. The first-order valence-electron chi connectivity index (χ1n) is 10.7. The second kappa shape index (κ2) is 9.60. The fraction of sp³-hybridized carbons (Fsp3) is 0.250. The Morgan fingerprint density at radius 1 is 1.09 bits per heavy atom. The van der Waals surface area contributed by atoms with Crippen LogP contribution < -0.4 is 21.5 Å². The molecule has 9 nitrogen and oxygen atoms in total. The quantitative estimate of drug-likeness (QED) is 0.283. The number of phenols is 1. The maximum absolute atomic E-state index is 12.9. The van der Waals surface area contributed by atoms with E-state index in [1.807, 2.05) is 37.3 Å². The third-order valence-electron chi connectivity index (χ3n) is 5.79. The lowest BCUT2D eigenvalue weighted by Crippen LogP contribution is -2.41. The molecule has 3 aromatic carbocycles. The summed E-state index contributed by atoms with van der Waals surface area (Å²) in [4.78, 5) is 50.2. The van der Waals surface area contributed by atoms with E-state index in [-0.39, 0.29) is 40.3 Å². The highest BCUT2D eigenvalue weighted by molar-refractivity contribution is 7.99. The van der Waals surface area contributed by atoms with Crippen LogP contribution in [0.25, 0.3) is 0 Å². The highest BCUT2D eigenvalue weighted by Crippen LogP contribution is 2.34. The minimum Gasteiger partial charge on any atom is -0.505 e. The minimum atomic E-state index is -1.12. The zero-order chi connectivity index (χ0) is 24.4. The average molecular weight is 482 g/mol. The Labute approximate surface area is 199 Å². The molecule has 0 spiro atoms. The number of rotatable bonds is 8. The molecule has 4 rings (SSSR count). The molecule has 4 N–H and O–H groups in total. The number of anilines is 3. The molecular weight excluding hydrogens is 458 g/mol. The second-order valence-corrected chi connectivity index (χ2v) is 8.88. The van der Waals surface area contributed by atoms with E-state index in [9.17, 15) is 29.4 Å². The summed E-state index contributed by atoms with van der Waals surface area (Å²) in [6, 6.07) is 12.7. The highest BCUT2D eigenvalue weighted by Gasteiger charge is 2.36. The van der Waals surface area contributed by atoms with Crippen molar-refractivity contribution >= 4 is 40.7 Å². The van der Waals surface area contributed by atoms with Crippen LogP contribution in [-0.2, 0) is 4.79 Å². The van der Waals surface area contributed by atoms with Gasteiger partial charge in [-0.2, -0.15) is 0 Å². The standard InChI is InChI=1S/C24H23N3O6S/c1-2-15(13-7-4-3-5-8-13)25-18-19(22(30)21(18)29)26-16-10-6-9-14(20(16)28)23(31)27-12-34-11-17(27)24(32)33/h3-10,15,17,25-26,28H,2,11-12H2,1H3,(H,32,33)/t15-,17+/m1/s1. The highest BCUT2D eigenvalue weighted by atomic mass is 32.2. The van der Waals surface area contributed by atoms with E-state index in [0.29, 0.717) is 6.42 Å². The van der Waals surface area contributed by atoms with Gasteiger partial charge >= 0.3 is 5.97 Å². The molecular formula is C24H23N3O6S. The third-order valence-corrected chi connectivity index (χ3v) is 6.81. The van der Waals surface area contributed by atoms with Crippen LogP contribution in [0.1, 0.15) is 35.3 Å². The number of benzene rings is 2. The summed E-state index contributed by atoms with van der Waals surface area (Å²) in [5.74, 6) is -1.72. The van der Waals surface area contributed by atoms with Crippen molar-refractivity contribution in [3.63, 3.8) is 0 Å². The number of aromatic hydroxyl groups is 1. The van der Waals surface area contributed by atoms with Crippen molar-refractivity contribution in [2.45, 2.75) is 25.4 Å². The molecule has 1 amide bonds. The molecule has 10 heteroatoms. The Morgan fingerprint density at radius 2 is 1.79 bits per heavy atom. The number of carbonyl (C=O) groups is 2. The van der Waals surface area contributed by atoms with Gasteiger partial charge in [0.1, 0.15) is 17.4 Å². The molecule has 0 radical (unpaired) electrons. The maximum Gasteiger partial charge on any atom is 0.327 e. The molecule has 0 unspecified atom stereocenters. The summed E-state index contributed by atoms with van der Waals surface area (Å²) in [7, 11) is 0. The molecule has 1 aliphatic heterocycles. The summed E-state index contributed by atoms with van der Waals surface area (Å²) in [5, 5.41) is 26.0. The number of para-hydroxylation sites is 1. The molecule has 1 saturated heterocycles. The smallest absolute Gasteiger partial charge is 0.327 e. The molecule has 176 valence electrons. The molecule has 1 fully saturated rings. The fourth-order valence-corrected chi connectivity index (χ4v) is 5.03. The summed E-state index contributed by atoms with van der Waals surface area (Å²) in [6.07, 6.45) is 0.663. The largest absolute Gasteiger partial charge is 0.505 e. The number of nitrogens with zero attached hydrogens (tertiary/aromatic N) is 1. The van der Waals surface area contributed by atoms with E-state index in [4.69, 9.17) is 0 Å². The first kappa shape index (κ1) is 23.4. The lowest BCUT2D eigenvalue weighted by atomic mass is 10.0. The molecule has 1 heterocycles. The van der Waals surface area contributed by atoms with E-state index in [1.54, 1.807) is 0 Å². The number of phenolic OH excluding ortho intramolecular Hbond substituents is 1. The summed E-state index contributed by atoms with van der Waals surface area (Å²) in [6.45, 7) is 1.95. The topological polar surface area (TPSA) is 136 Å². The predicted octanol–water partition coefficient (Wildman–Crippen LogP) is 2.89. The minimum absolute atomic E-state index is 0.000536. The molecule has 0 saturated carbocycles. The van der Waals surface area contributed by atoms with Crippen molar-refractivity contribution in [2.75, 3.05) is 22.3 Å². The van der Waals surface area contributed by atoms with Crippen molar-refractivity contribution in [1.82, 2.24) is 4.90 Å². The van der Waals surface area contributed by atoms with Gasteiger partial charge in [-0.15, -0.1) is 11.8 Å². The Kier molecular flexibility index (Phi) is 6.60. The van der Waals surface area contributed by atoms with Crippen molar-refractivity contribution in [3.8, 4) is 5.75 Å². The van der Waals surface area contributed by atoms with Crippen LogP contribution in [0.3, 0.4) is 0 Å². The first-order chi connectivity index (χ1) is 16.3. The van der Waals surface area contributed by atoms with Gasteiger partial charge in [0.2, 0.25) is 0 Å². The molecule has 3 aromatic rings. The zero-order valence-corrected chi connectivity index (χ0v) is 19.1. The van der Waals surface area contributed by atoms with Gasteiger partial charge in [0.25, 0.3) is 16.8 Å². The van der Waals surface area contributed by atoms with E-state index in [0.717, 1.165) is 5.56 Å². The van der Waals surface area contributed by atoms with Crippen molar-refractivity contribution < 1.29 is 19.8 Å². The fourth-order valence-electron chi connectivity index (χ4n) is 3.88. The van der Waals surface area contributed by atoms with Gasteiger partial charge in [-0.25, -0.2) is 4.79 Å². The predicted molar refractivity (Wildman–Crippen MR) is 131 cm³/mol. The number of carboxylic acid groups (broad SMARTS) is 1. The van der Waals surface area contributed by atoms with Crippen LogP contribution >= 0.6 is 11.8 Å². The lowest BCUT2D eigenvalue weighted by Gasteiger charge is -2.23. The average Bonchev–Trinajstić information content (AvgIpc) is 3.35. The molecule has 0 bridgehead atoms. The van der Waals surface area contributed by atoms with E-state index in [1.165, 1.54) is 34.9 Å². The van der Waals surface area contributed by atoms with E-state index < -0.39 is 34.5 Å². The summed E-state index contributed by atoms with van der Waals surface area (Å²) >= 11 is 1.31. The maximum atomic E-state index is 12.9. The number of thioether (sulfide) groups is 1. The van der Waals surface area contributed by atoms with Crippen LogP contribution in [0.15, 0.2) is 58.1 Å². The first-order valence-corrected chi connectivity index (χ1v) is 11.8. The summed E-state index contributed by atoms with van der Waals surface area (Å²) in [5.41, 5.74) is -0.366. The van der Waals surface area contributed by atoms with Gasteiger partial charge in [0.05, 0.1) is 23.2 Å². The Hall–Kier alpha value is -3.79. The molecule has 2 atom stereocenters. The molecule has 0 aliphatic carbocycles. The monoisotopic (exact) mass is 481 g/mol. The van der Waals surface area contributed by atoms with Crippen LogP contribution in [0.2, 0.25) is 0 Å². The van der Waals surface area contributed by atoms with Gasteiger partial charge in [0, 0.05) is 5.75 Å². The van der Waals surface area contributed by atoms with E-state index >= 15 is 0 Å². The van der Waals surface area contributed by atoms with E-state index in [2.05, 4.69) is 10.6 Å². The van der Waals surface area contributed by atoms with Crippen molar-refractivity contribution in [3.05, 3.63) is 80.1 Å². The van der Waals surface area contributed by atoms with Gasteiger partial charge < -0.3 is 25.7 Å². The number of carboxylic acids is 1. The Balaban J connectivity index is 1.59. The number of nitrogens with one attached hydrogen (secondary N) is 2. The van der Waals surface area contributed by atoms with Gasteiger partial charge in [-0.1, -0.05) is 43.3 Å². The van der Waals surface area contributed by atoms with Crippen LogP contribution in [0, 0.1) is 0 Å². The van der Waals surface area contributed by atoms with Crippen molar-refractivity contribution in [1.29, 1.82) is 0 Å². The number of aliphatic carboxylic acids is 1. The van der Waals surface area contributed by atoms with Crippen LogP contribution in [0.4, 0.5) is 17.1 Å². The number of carbonyl (C=O) groups excluding carboxylic acids is 1. The van der Waals surface area contributed by atoms with Gasteiger partial charge in [-0.05, 0) is 24.1 Å². The SMILES string of the molecule is CC[C@@H](Nc1c(Nc2cccc(C(=O)N3CSC[C@H]3C(=O)O)c2O)c(=O)c1=O)c1ccccc1. The van der Waals surface area contributed by atoms with Gasteiger partial charge in [0.15, 0.2) is 5.75 Å². The lowest BCUT2D eigenvalue weighted by molar-refractivity contribution is -0.140. The Morgan fingerprint density at radius 3 is 2.47 bits per heavy atom. The van der Waals surface area contributed by atoms with Gasteiger partial charge in [-0.3, -0.25) is 14.4 Å². The second-order valence-electron chi connectivity index (χ2n) is 7.88. The molecule has 0 aromatic heterocycles. The van der Waals surface area contributed by atoms with Crippen LogP contribution in [0.5, 0.6) is 5.75 Å². The number of amides is 1. The third kappa shape index (κ3) is 4.24. The van der Waals surface area contributed by atoms with Crippen LogP contribution in [-0.4, -0.2) is 44.7 Å². The molecule has 34 heavy (non-hydrogen) atoms. The number of hydrogen-bond donors (Lipinski definition) is 4. The summed E-state index contributed by atoms with van der Waals surface area (Å²) < 4.78 is 0. The molecule has 1 aliphatic rings.